The Morgan fingerprint density at radius 3 is 0.458 bits per heavy atom. The molecule has 14 N–H and O–H groups in total. The van der Waals surface area contributed by atoms with Crippen LogP contribution in [0.25, 0.3) is 0 Å². The molecule has 29 heteroatoms. The summed E-state index contributed by atoms with van der Waals surface area (Å²) in [7, 11) is 9.28. The molecule has 6 aromatic rings. The topological polar surface area (TPSA) is 408 Å². The second-order valence-electron chi connectivity index (χ2n) is 10.1. The van der Waals surface area contributed by atoms with E-state index in [1.807, 2.05) is 36.4 Å². The zero-order valence-electron chi connectivity index (χ0n) is 48.8. The van der Waals surface area contributed by atoms with Gasteiger partial charge in [-0.25, -0.2) is 13.7 Å². The van der Waals surface area contributed by atoms with E-state index in [9.17, 15) is 13.7 Å². The summed E-state index contributed by atoms with van der Waals surface area (Å²) in [5.41, 5.74) is 0. The van der Waals surface area contributed by atoms with Gasteiger partial charge < -0.3 is 98.6 Å². The maximum atomic E-state index is 12.3. The SMILES string of the molecule is C.C.CO.CO.CO.CO.CO.CO.CO.CO.CO.CO.CO.CO.CO.CO.COP(=O)(Oc1ccccc1)Oc1ccccc1.COP(=O)(Oc1ccccc1)Oc1ccccc1.O=P(Cl)(Oc1ccccc1)Oc1ccccc1. The van der Waals surface area contributed by atoms with E-state index in [4.69, 9.17) is 119 Å². The number of aliphatic hydroxyl groups is 14. The smallest absolute Gasteiger partial charge is 0.405 e. The number of hydrogen-bond donors (Lipinski definition) is 14. The average Bonchev–Trinajstić information content (AvgIpc) is 3.57. The zero-order valence-corrected chi connectivity index (χ0v) is 52.2. The molecule has 0 unspecified atom stereocenters. The summed E-state index contributed by atoms with van der Waals surface area (Å²) in [6, 6.07) is 52.3. The molecule has 0 aliphatic rings. The fraction of sp³-hybridized carbons (Fsp3) is 0.333. The van der Waals surface area contributed by atoms with Crippen LogP contribution in [0, 0.1) is 0 Å². The lowest BCUT2D eigenvalue weighted by Gasteiger charge is -2.16. The van der Waals surface area contributed by atoms with Crippen LogP contribution in [0.15, 0.2) is 182 Å². The Morgan fingerprint density at radius 2 is 0.349 bits per heavy atom. The summed E-state index contributed by atoms with van der Waals surface area (Å²) in [6.45, 7) is -3.66. The summed E-state index contributed by atoms with van der Waals surface area (Å²) >= 11 is 5.72. The molecule has 0 amide bonds. The molecular formula is C54H100ClO25P3. The first-order valence-corrected chi connectivity index (χ1v) is 27.3. The van der Waals surface area contributed by atoms with Gasteiger partial charge in [0.15, 0.2) is 0 Å². The molecule has 6 aromatic carbocycles. The first-order valence-electron chi connectivity index (χ1n) is 21.9. The largest absolute Gasteiger partial charge is 0.587 e. The van der Waals surface area contributed by atoms with Crippen LogP contribution in [0.2, 0.25) is 0 Å². The molecule has 83 heavy (non-hydrogen) atoms. The lowest BCUT2D eigenvalue weighted by atomic mass is 10.3. The van der Waals surface area contributed by atoms with Crippen molar-refractivity contribution in [2.45, 2.75) is 14.9 Å². The standard InChI is InChI=1S/2C13H13O4P.C12H10ClO3P.14CH4O.2CH4/c2*1-15-18(14,16-12-8-4-2-5-9-12)17-13-10-6-3-7-11-13;13-17(14,15-11-7-3-1-4-8-11)16-12-9-5-2-6-10-12;14*1-2;;/h2*2-11H,1H3;1-10H;14*2H,1H3;2*1H4. The quantitative estimate of drug-likeness (QED) is 0.0458. The Bertz CT molecular complexity index is 1850. The molecule has 488 valence electrons. The molecule has 0 radical (unpaired) electrons. The minimum absolute atomic E-state index is 0. The molecule has 6 rings (SSSR count). The molecule has 0 atom stereocenters. The second kappa shape index (κ2) is 92.9. The fourth-order valence-corrected chi connectivity index (χ4v) is 7.02. The number of para-hydroxylation sites is 6. The number of aliphatic hydroxyl groups excluding tert-OH is 14. The van der Waals surface area contributed by atoms with Crippen molar-refractivity contribution < 1.29 is 121 Å². The van der Waals surface area contributed by atoms with E-state index in [0.717, 1.165) is 99.5 Å². The van der Waals surface area contributed by atoms with Gasteiger partial charge in [0.25, 0.3) is 0 Å². The van der Waals surface area contributed by atoms with Gasteiger partial charge >= 0.3 is 22.6 Å². The summed E-state index contributed by atoms with van der Waals surface area (Å²) in [6.07, 6.45) is 0. The minimum Gasteiger partial charge on any atom is -0.405 e. The van der Waals surface area contributed by atoms with Gasteiger partial charge in [-0.1, -0.05) is 124 Å². The maximum Gasteiger partial charge on any atom is 0.587 e. The van der Waals surface area contributed by atoms with Crippen LogP contribution >= 0.6 is 33.8 Å². The van der Waals surface area contributed by atoms with Crippen molar-refractivity contribution >= 4 is 33.8 Å². The minimum atomic E-state index is -3.66. The second-order valence-corrected chi connectivity index (χ2v) is 15.8. The van der Waals surface area contributed by atoms with Crippen molar-refractivity contribution in [2.75, 3.05) is 114 Å². The van der Waals surface area contributed by atoms with Gasteiger partial charge in [0.2, 0.25) is 0 Å². The van der Waals surface area contributed by atoms with Gasteiger partial charge in [0.1, 0.15) is 34.5 Å². The van der Waals surface area contributed by atoms with Crippen LogP contribution in [0.3, 0.4) is 0 Å². The molecule has 0 spiro atoms. The van der Waals surface area contributed by atoms with E-state index in [2.05, 4.69) is 0 Å². The maximum absolute atomic E-state index is 12.3. The Kier molecular flexibility index (Phi) is 122. The Balaban J connectivity index is -0.0000000656. The highest BCUT2D eigenvalue weighted by atomic mass is 35.7. The van der Waals surface area contributed by atoms with Crippen molar-refractivity contribution in [2.24, 2.45) is 0 Å². The first kappa shape index (κ1) is 109. The van der Waals surface area contributed by atoms with E-state index in [1.165, 1.54) is 14.2 Å². The van der Waals surface area contributed by atoms with Crippen LogP contribution in [0.5, 0.6) is 34.5 Å². The highest BCUT2D eigenvalue weighted by molar-refractivity contribution is 7.82. The number of hydrogen-bond acceptors (Lipinski definition) is 25. The number of halogens is 1. The van der Waals surface area contributed by atoms with Gasteiger partial charge in [-0.15, -0.1) is 0 Å². The van der Waals surface area contributed by atoms with Gasteiger partial charge in [-0.3, -0.25) is 9.05 Å². The number of rotatable bonds is 14. The highest BCUT2D eigenvalue weighted by Crippen LogP contribution is 2.53. The molecule has 0 saturated carbocycles. The van der Waals surface area contributed by atoms with Crippen LogP contribution in [0.4, 0.5) is 0 Å². The fourth-order valence-electron chi connectivity index (χ4n) is 3.86. The molecule has 0 saturated heterocycles. The van der Waals surface area contributed by atoms with E-state index in [1.54, 1.807) is 146 Å². The normalized spacial score (nSPS) is 7.99. The third kappa shape index (κ3) is 68.9. The number of phosphoric ester groups is 2. The van der Waals surface area contributed by atoms with Crippen molar-refractivity contribution in [3.63, 3.8) is 0 Å². The first-order chi connectivity index (χ1) is 39.6. The van der Waals surface area contributed by atoms with Crippen molar-refractivity contribution in [1.29, 1.82) is 0 Å². The van der Waals surface area contributed by atoms with Crippen LogP contribution in [0.1, 0.15) is 14.9 Å². The molecule has 0 fully saturated rings. The molecular weight excluding hydrogens is 1180 g/mol. The molecule has 25 nitrogen and oxygen atoms in total. The van der Waals surface area contributed by atoms with Crippen molar-refractivity contribution in [3.05, 3.63) is 182 Å². The van der Waals surface area contributed by atoms with Crippen molar-refractivity contribution in [1.82, 2.24) is 0 Å². The average molecular weight is 1280 g/mol. The Labute approximate surface area is 498 Å². The van der Waals surface area contributed by atoms with Crippen LogP contribution in [-0.2, 0) is 22.7 Å². The van der Waals surface area contributed by atoms with E-state index in [0.29, 0.717) is 34.5 Å². The van der Waals surface area contributed by atoms with Gasteiger partial charge in [0.05, 0.1) is 0 Å². The summed E-state index contributed by atoms with van der Waals surface area (Å²) < 4.78 is 77.4. The molecule has 0 aliphatic carbocycles. The van der Waals surface area contributed by atoms with Crippen LogP contribution in [-0.4, -0.2) is 185 Å². The summed E-state index contributed by atoms with van der Waals surface area (Å²) in [5.74, 6) is 2.53. The van der Waals surface area contributed by atoms with E-state index in [-0.39, 0.29) is 14.9 Å². The lowest BCUT2D eigenvalue weighted by molar-refractivity contribution is 0.248. The van der Waals surface area contributed by atoms with Crippen LogP contribution < -0.4 is 27.1 Å². The highest BCUT2D eigenvalue weighted by Gasteiger charge is 2.30. The van der Waals surface area contributed by atoms with Gasteiger partial charge in [0, 0.05) is 125 Å². The van der Waals surface area contributed by atoms with Gasteiger partial charge in [-0.05, 0) is 72.8 Å². The predicted molar refractivity (Wildman–Crippen MR) is 333 cm³/mol. The molecule has 0 aliphatic heterocycles. The summed E-state index contributed by atoms with van der Waals surface area (Å²) in [4.78, 5) is 0. The Hall–Kier alpha value is -5.54. The van der Waals surface area contributed by atoms with Gasteiger partial charge in [-0.2, -0.15) is 0 Å². The van der Waals surface area contributed by atoms with E-state index < -0.39 is 22.6 Å². The monoisotopic (exact) mass is 1280 g/mol. The summed E-state index contributed by atoms with van der Waals surface area (Å²) in [5, 5.41) is 98.0. The Morgan fingerprint density at radius 1 is 0.241 bits per heavy atom. The third-order valence-corrected chi connectivity index (χ3v) is 10.1. The number of benzene rings is 6. The van der Waals surface area contributed by atoms with Crippen molar-refractivity contribution in [3.8, 4) is 34.5 Å². The van der Waals surface area contributed by atoms with E-state index >= 15 is 0 Å². The number of phosphoric acid groups is 2. The third-order valence-electron chi connectivity index (χ3n) is 6.20. The molecule has 0 aromatic heterocycles. The lowest BCUT2D eigenvalue weighted by Crippen LogP contribution is -2.02. The zero-order chi connectivity index (χ0) is 65.8. The predicted octanol–water partition coefficient (Wildman–Crippen LogP) is 8.08. The molecule has 0 bridgehead atoms. The molecule has 0 heterocycles.